The molecule has 2 heterocycles. The van der Waals surface area contributed by atoms with Crippen LogP contribution in [0.2, 0.25) is 5.02 Å². The zero-order valence-corrected chi connectivity index (χ0v) is 12.9. The maximum Gasteiger partial charge on any atom is 0.230 e. The van der Waals surface area contributed by atoms with Gasteiger partial charge in [0.1, 0.15) is 13.2 Å². The Balaban J connectivity index is 1.72. The van der Waals surface area contributed by atoms with Crippen LogP contribution in [0.3, 0.4) is 0 Å². The van der Waals surface area contributed by atoms with Gasteiger partial charge in [0.2, 0.25) is 5.91 Å². The fraction of sp³-hybridized carbons (Fsp3) is 0.286. The van der Waals surface area contributed by atoms with Crippen LogP contribution < -0.4 is 14.8 Å². The van der Waals surface area contributed by atoms with Gasteiger partial charge < -0.3 is 14.8 Å². The number of halogens is 1. The van der Waals surface area contributed by atoms with Gasteiger partial charge in [-0.3, -0.25) is 4.79 Å². The molecule has 0 fully saturated rings. The molecule has 0 aliphatic carbocycles. The smallest absolute Gasteiger partial charge is 0.230 e. The van der Waals surface area contributed by atoms with E-state index in [9.17, 15) is 4.79 Å². The van der Waals surface area contributed by atoms with Gasteiger partial charge in [-0.15, -0.1) is 11.3 Å². The van der Waals surface area contributed by atoms with E-state index in [0.29, 0.717) is 34.9 Å². The Kier molecular flexibility index (Phi) is 3.98. The topological polar surface area (TPSA) is 60.5 Å². The van der Waals surface area contributed by atoms with Gasteiger partial charge >= 0.3 is 0 Å². The maximum absolute atomic E-state index is 12.0. The molecule has 21 heavy (non-hydrogen) atoms. The Morgan fingerprint density at radius 2 is 2.24 bits per heavy atom. The Morgan fingerprint density at radius 1 is 1.43 bits per heavy atom. The van der Waals surface area contributed by atoms with Crippen LogP contribution >= 0.6 is 22.9 Å². The second kappa shape index (κ2) is 5.91. The van der Waals surface area contributed by atoms with Crippen molar-refractivity contribution in [3.8, 4) is 11.5 Å². The second-order valence-electron chi connectivity index (χ2n) is 4.60. The molecule has 0 atom stereocenters. The quantitative estimate of drug-likeness (QED) is 0.942. The van der Waals surface area contributed by atoms with E-state index in [2.05, 4.69) is 10.3 Å². The van der Waals surface area contributed by atoms with Crippen LogP contribution in [-0.2, 0) is 11.2 Å². The summed E-state index contributed by atoms with van der Waals surface area (Å²) < 4.78 is 10.9. The number of anilines is 1. The van der Waals surface area contributed by atoms with E-state index in [1.165, 1.54) is 11.3 Å². The van der Waals surface area contributed by atoms with Crippen LogP contribution in [0.25, 0.3) is 0 Å². The van der Waals surface area contributed by atoms with Crippen molar-refractivity contribution in [2.24, 2.45) is 0 Å². The lowest BCUT2D eigenvalue weighted by atomic mass is 10.1. The summed E-state index contributed by atoms with van der Waals surface area (Å²) in [6, 6.07) is 3.51. The lowest BCUT2D eigenvalue weighted by Gasteiger charge is -2.20. The zero-order valence-electron chi connectivity index (χ0n) is 11.3. The number of nitrogens with one attached hydrogen (secondary N) is 1. The van der Waals surface area contributed by atoms with E-state index in [-0.39, 0.29) is 12.3 Å². The number of hydrogen-bond acceptors (Lipinski definition) is 5. The first-order valence-corrected chi connectivity index (χ1v) is 7.61. The molecule has 2 aromatic rings. The van der Waals surface area contributed by atoms with E-state index in [1.54, 1.807) is 18.3 Å². The first kappa shape index (κ1) is 14.2. The first-order valence-electron chi connectivity index (χ1n) is 6.42. The number of thiazole rings is 1. The predicted octanol–water partition coefficient (Wildman–Crippen LogP) is 3.06. The molecule has 0 spiro atoms. The predicted molar refractivity (Wildman–Crippen MR) is 81.6 cm³/mol. The Labute approximate surface area is 130 Å². The fourth-order valence-electron chi connectivity index (χ4n) is 2.03. The Hall–Kier alpha value is -1.79. The number of fused-ring (bicyclic) bond motifs is 1. The summed E-state index contributed by atoms with van der Waals surface area (Å²) in [5.74, 6) is 0.987. The van der Waals surface area contributed by atoms with Gasteiger partial charge in [-0.2, -0.15) is 0 Å². The largest absolute Gasteiger partial charge is 0.486 e. The van der Waals surface area contributed by atoms with Gasteiger partial charge in [-0.1, -0.05) is 11.6 Å². The minimum Gasteiger partial charge on any atom is -0.486 e. The number of nitrogens with zero attached hydrogens (tertiary/aromatic N) is 1. The third-order valence-corrected chi connectivity index (χ3v) is 4.00. The van der Waals surface area contributed by atoms with Crippen LogP contribution in [-0.4, -0.2) is 24.1 Å². The summed E-state index contributed by atoms with van der Waals surface area (Å²) in [7, 11) is 0. The first-order chi connectivity index (χ1) is 10.1. The van der Waals surface area contributed by atoms with Gasteiger partial charge in [0, 0.05) is 11.1 Å². The molecule has 1 amide bonds. The minimum atomic E-state index is -0.142. The maximum atomic E-state index is 12.0. The molecule has 1 aromatic heterocycles. The Morgan fingerprint density at radius 3 is 3.00 bits per heavy atom. The van der Waals surface area contributed by atoms with Gasteiger partial charge in [-0.05, 0) is 24.6 Å². The highest BCUT2D eigenvalue weighted by atomic mass is 35.5. The van der Waals surface area contributed by atoms with Crippen LogP contribution in [0.5, 0.6) is 11.5 Å². The monoisotopic (exact) mass is 324 g/mol. The van der Waals surface area contributed by atoms with Crippen LogP contribution in [0.4, 0.5) is 5.13 Å². The third kappa shape index (κ3) is 3.28. The minimum absolute atomic E-state index is 0.142. The molecule has 1 aliphatic rings. The lowest BCUT2D eigenvalue weighted by Crippen LogP contribution is -2.17. The highest BCUT2D eigenvalue weighted by Gasteiger charge is 2.18. The number of aryl methyl sites for hydroxylation is 1. The summed E-state index contributed by atoms with van der Waals surface area (Å²) in [6.07, 6.45) is 1.93. The summed E-state index contributed by atoms with van der Waals surface area (Å²) in [4.78, 5) is 17.2. The van der Waals surface area contributed by atoms with E-state index >= 15 is 0 Å². The zero-order chi connectivity index (χ0) is 14.8. The average Bonchev–Trinajstić information content (AvgIpc) is 2.84. The van der Waals surface area contributed by atoms with Crippen molar-refractivity contribution in [3.05, 3.63) is 33.8 Å². The lowest BCUT2D eigenvalue weighted by molar-refractivity contribution is -0.115. The van der Waals surface area contributed by atoms with Gasteiger partial charge in [0.25, 0.3) is 0 Å². The number of ether oxygens (including phenoxy) is 2. The molecule has 7 heteroatoms. The molecule has 1 aromatic carbocycles. The second-order valence-corrected chi connectivity index (χ2v) is 6.24. The van der Waals surface area contributed by atoms with E-state index in [0.717, 1.165) is 10.4 Å². The van der Waals surface area contributed by atoms with Crippen molar-refractivity contribution >= 4 is 34.0 Å². The van der Waals surface area contributed by atoms with Crippen molar-refractivity contribution in [2.75, 3.05) is 18.5 Å². The SMILES string of the molecule is Cc1cnc(NC(=O)Cc2cc(Cl)c3c(c2)OCCO3)s1. The standard InChI is InChI=1S/C14H13ClN2O3S/c1-8-7-16-14(21-8)17-12(18)6-9-4-10(15)13-11(5-9)19-2-3-20-13/h4-5,7H,2-3,6H2,1H3,(H,16,17,18). The molecule has 0 unspecified atom stereocenters. The van der Waals surface area contributed by atoms with Crippen molar-refractivity contribution in [2.45, 2.75) is 13.3 Å². The summed E-state index contributed by atoms with van der Waals surface area (Å²) >= 11 is 7.59. The molecule has 1 N–H and O–H groups in total. The number of hydrogen-bond donors (Lipinski definition) is 1. The molecule has 110 valence electrons. The molecular weight excluding hydrogens is 312 g/mol. The molecule has 3 rings (SSSR count). The summed E-state index contributed by atoms with van der Waals surface area (Å²) in [6.45, 7) is 2.90. The number of benzene rings is 1. The number of amides is 1. The average molecular weight is 325 g/mol. The molecule has 1 aliphatic heterocycles. The van der Waals surface area contributed by atoms with Crippen molar-refractivity contribution in [1.29, 1.82) is 0 Å². The number of carbonyl (C=O) groups is 1. The normalized spacial score (nSPS) is 13.0. The van der Waals surface area contributed by atoms with Crippen molar-refractivity contribution in [3.63, 3.8) is 0 Å². The Bertz CT molecular complexity index is 687. The molecule has 0 saturated heterocycles. The number of rotatable bonds is 3. The molecular formula is C14H13ClN2O3S. The van der Waals surface area contributed by atoms with E-state index in [4.69, 9.17) is 21.1 Å². The highest BCUT2D eigenvalue weighted by Crippen LogP contribution is 2.38. The number of carbonyl (C=O) groups excluding carboxylic acids is 1. The molecule has 0 bridgehead atoms. The third-order valence-electron chi connectivity index (χ3n) is 2.89. The van der Waals surface area contributed by atoms with Gasteiger partial charge in [0.15, 0.2) is 16.6 Å². The van der Waals surface area contributed by atoms with Gasteiger partial charge in [-0.25, -0.2) is 4.98 Å². The van der Waals surface area contributed by atoms with Crippen molar-refractivity contribution in [1.82, 2.24) is 4.98 Å². The summed E-state index contributed by atoms with van der Waals surface area (Å²) in [5.41, 5.74) is 0.773. The van der Waals surface area contributed by atoms with E-state index in [1.807, 2.05) is 6.92 Å². The van der Waals surface area contributed by atoms with Gasteiger partial charge in [0.05, 0.1) is 11.4 Å². The number of aromatic nitrogens is 1. The van der Waals surface area contributed by atoms with Crippen LogP contribution in [0.1, 0.15) is 10.4 Å². The molecule has 0 saturated carbocycles. The highest BCUT2D eigenvalue weighted by molar-refractivity contribution is 7.15. The molecule has 5 nitrogen and oxygen atoms in total. The fourth-order valence-corrected chi connectivity index (χ4v) is 3.00. The molecule has 0 radical (unpaired) electrons. The van der Waals surface area contributed by atoms with Crippen LogP contribution in [0, 0.1) is 6.92 Å². The summed E-state index contributed by atoms with van der Waals surface area (Å²) in [5, 5.41) is 3.82. The van der Waals surface area contributed by atoms with Crippen molar-refractivity contribution < 1.29 is 14.3 Å². The van der Waals surface area contributed by atoms with Crippen LogP contribution in [0.15, 0.2) is 18.3 Å². The van der Waals surface area contributed by atoms with E-state index < -0.39 is 0 Å².